The maximum Gasteiger partial charge on any atom is 0.194 e. The Bertz CT molecular complexity index is 1370. The minimum Gasteiger partial charge on any atom is -0.495 e. The molecule has 1 atom stereocenters. The standard InChI is InChI=1S/C25H22F3N5O/c1-15-13-32(14-29-15)21-7-5-16(10-22(21)34-2)6-8-23-30-31-25-18(4-3-9-33(23)25)17-11-19(26)24(28)20(27)12-17/h5-8,10-14,18H,3-4,9H2,1-2H3/b8-6+/t18-/m0/s1. The van der Waals surface area contributed by atoms with Crippen molar-refractivity contribution < 1.29 is 17.9 Å². The molecule has 9 heteroatoms. The predicted molar refractivity (Wildman–Crippen MR) is 121 cm³/mol. The minimum atomic E-state index is -1.46. The molecule has 0 amide bonds. The molecule has 5 rings (SSSR count). The molecule has 0 fully saturated rings. The normalized spacial score (nSPS) is 15.6. The van der Waals surface area contributed by atoms with E-state index in [9.17, 15) is 13.2 Å². The monoisotopic (exact) mass is 465 g/mol. The van der Waals surface area contributed by atoms with Crippen molar-refractivity contribution in [1.82, 2.24) is 24.3 Å². The average molecular weight is 465 g/mol. The number of benzene rings is 2. The van der Waals surface area contributed by atoms with Crippen molar-refractivity contribution in [2.24, 2.45) is 0 Å². The van der Waals surface area contributed by atoms with Crippen LogP contribution in [-0.4, -0.2) is 31.4 Å². The van der Waals surface area contributed by atoms with Crippen molar-refractivity contribution in [2.45, 2.75) is 32.2 Å². The van der Waals surface area contributed by atoms with Crippen LogP contribution < -0.4 is 4.74 Å². The van der Waals surface area contributed by atoms with Gasteiger partial charge < -0.3 is 13.9 Å². The first-order valence-corrected chi connectivity index (χ1v) is 10.9. The molecule has 0 aliphatic carbocycles. The van der Waals surface area contributed by atoms with Gasteiger partial charge in [0.25, 0.3) is 0 Å². The van der Waals surface area contributed by atoms with Crippen molar-refractivity contribution in [3.05, 3.63) is 88.8 Å². The summed E-state index contributed by atoms with van der Waals surface area (Å²) in [6.07, 6.45) is 8.85. The van der Waals surface area contributed by atoms with Crippen LogP contribution in [-0.2, 0) is 6.54 Å². The summed E-state index contributed by atoms with van der Waals surface area (Å²) >= 11 is 0. The van der Waals surface area contributed by atoms with Gasteiger partial charge in [-0.3, -0.25) is 0 Å². The molecule has 0 saturated heterocycles. The van der Waals surface area contributed by atoms with E-state index in [1.54, 1.807) is 13.4 Å². The maximum atomic E-state index is 13.8. The largest absolute Gasteiger partial charge is 0.495 e. The van der Waals surface area contributed by atoms with Crippen LogP contribution in [0, 0.1) is 24.4 Å². The molecule has 0 saturated carbocycles. The third kappa shape index (κ3) is 3.98. The molecule has 0 N–H and O–H groups in total. The van der Waals surface area contributed by atoms with Crippen molar-refractivity contribution in [3.63, 3.8) is 0 Å². The zero-order valence-corrected chi connectivity index (χ0v) is 18.7. The van der Waals surface area contributed by atoms with E-state index in [0.717, 1.165) is 35.5 Å². The van der Waals surface area contributed by atoms with Gasteiger partial charge in [-0.15, -0.1) is 10.2 Å². The van der Waals surface area contributed by atoms with Crippen LogP contribution in [0.3, 0.4) is 0 Å². The van der Waals surface area contributed by atoms with Gasteiger partial charge in [-0.05, 0) is 61.2 Å². The number of aryl methyl sites for hydroxylation is 1. The zero-order chi connectivity index (χ0) is 23.8. The van der Waals surface area contributed by atoms with Crippen molar-refractivity contribution in [2.75, 3.05) is 7.11 Å². The first-order valence-electron chi connectivity index (χ1n) is 10.9. The summed E-state index contributed by atoms with van der Waals surface area (Å²) < 4.78 is 50.4. The van der Waals surface area contributed by atoms with Crippen LogP contribution >= 0.6 is 0 Å². The highest BCUT2D eigenvalue weighted by Gasteiger charge is 2.27. The number of halogens is 3. The predicted octanol–water partition coefficient (Wildman–Crippen LogP) is 5.29. The number of ether oxygens (including phenoxy) is 1. The Balaban J connectivity index is 1.43. The number of aromatic nitrogens is 5. The van der Waals surface area contributed by atoms with E-state index < -0.39 is 17.5 Å². The van der Waals surface area contributed by atoms with Gasteiger partial charge >= 0.3 is 0 Å². The topological polar surface area (TPSA) is 57.8 Å². The van der Waals surface area contributed by atoms with Gasteiger partial charge in [-0.1, -0.05) is 12.1 Å². The third-order valence-corrected chi connectivity index (χ3v) is 6.02. The summed E-state index contributed by atoms with van der Waals surface area (Å²) in [7, 11) is 1.62. The molecule has 2 aromatic carbocycles. The summed E-state index contributed by atoms with van der Waals surface area (Å²) in [4.78, 5) is 4.26. The number of fused-ring (bicyclic) bond motifs is 1. The Kier molecular flexibility index (Phi) is 5.69. The number of rotatable bonds is 5. The Hall–Kier alpha value is -3.88. The van der Waals surface area contributed by atoms with Crippen LogP contribution in [0.15, 0.2) is 42.9 Å². The van der Waals surface area contributed by atoms with E-state index >= 15 is 0 Å². The molecule has 0 unspecified atom stereocenters. The Morgan fingerprint density at radius 3 is 2.56 bits per heavy atom. The highest BCUT2D eigenvalue weighted by molar-refractivity contribution is 5.69. The van der Waals surface area contributed by atoms with E-state index in [2.05, 4.69) is 15.2 Å². The van der Waals surface area contributed by atoms with Crippen LogP contribution in [0.5, 0.6) is 5.75 Å². The fourth-order valence-electron chi connectivity index (χ4n) is 4.35. The summed E-state index contributed by atoms with van der Waals surface area (Å²) in [5.74, 6) is -2.27. The number of hydrogen-bond donors (Lipinski definition) is 0. The maximum absolute atomic E-state index is 13.8. The van der Waals surface area contributed by atoms with E-state index in [1.165, 1.54) is 0 Å². The van der Waals surface area contributed by atoms with Crippen LogP contribution in [0.25, 0.3) is 17.8 Å². The summed E-state index contributed by atoms with van der Waals surface area (Å²) in [5.41, 5.74) is 3.05. The quantitative estimate of drug-likeness (QED) is 0.376. The van der Waals surface area contributed by atoms with Crippen LogP contribution in [0.2, 0.25) is 0 Å². The van der Waals surface area contributed by atoms with E-state index in [0.29, 0.717) is 35.9 Å². The number of nitrogens with zero attached hydrogens (tertiary/aromatic N) is 5. The van der Waals surface area contributed by atoms with E-state index in [-0.39, 0.29) is 5.92 Å². The third-order valence-electron chi connectivity index (χ3n) is 6.02. The van der Waals surface area contributed by atoms with Gasteiger partial charge in [0.15, 0.2) is 23.3 Å². The van der Waals surface area contributed by atoms with Crippen molar-refractivity contribution >= 4 is 12.2 Å². The highest BCUT2D eigenvalue weighted by Crippen LogP contribution is 2.34. The van der Waals surface area contributed by atoms with Gasteiger partial charge in [0.1, 0.15) is 11.6 Å². The SMILES string of the molecule is COc1cc(/C=C/c2nnc3n2CCC[C@H]3c2cc(F)c(F)c(F)c2)ccc1-n1cnc(C)c1. The first kappa shape index (κ1) is 21.9. The second-order valence-corrected chi connectivity index (χ2v) is 8.25. The lowest BCUT2D eigenvalue weighted by Gasteiger charge is -2.23. The summed E-state index contributed by atoms with van der Waals surface area (Å²) in [6, 6.07) is 7.91. The molecular weight excluding hydrogens is 443 g/mol. The fraction of sp³-hybridized carbons (Fsp3) is 0.240. The van der Waals surface area contributed by atoms with E-state index in [4.69, 9.17) is 4.74 Å². The zero-order valence-electron chi connectivity index (χ0n) is 18.7. The highest BCUT2D eigenvalue weighted by atomic mass is 19.2. The van der Waals surface area contributed by atoms with Gasteiger partial charge in [0, 0.05) is 18.7 Å². The molecule has 1 aliphatic heterocycles. The molecule has 0 spiro atoms. The molecule has 0 bridgehead atoms. The Morgan fingerprint density at radius 2 is 1.85 bits per heavy atom. The van der Waals surface area contributed by atoms with Crippen LogP contribution in [0.1, 0.15) is 47.2 Å². The molecule has 174 valence electrons. The second kappa shape index (κ2) is 8.81. The number of hydrogen-bond acceptors (Lipinski definition) is 4. The van der Waals surface area contributed by atoms with Crippen molar-refractivity contribution in [3.8, 4) is 11.4 Å². The lowest BCUT2D eigenvalue weighted by Crippen LogP contribution is -2.18. The summed E-state index contributed by atoms with van der Waals surface area (Å²) in [6.45, 7) is 2.61. The van der Waals surface area contributed by atoms with Crippen LogP contribution in [0.4, 0.5) is 13.2 Å². The average Bonchev–Trinajstić information content (AvgIpc) is 3.46. The lowest BCUT2D eigenvalue weighted by atomic mass is 9.90. The molecule has 4 aromatic rings. The van der Waals surface area contributed by atoms with E-state index in [1.807, 2.05) is 52.6 Å². The molecule has 6 nitrogen and oxygen atoms in total. The lowest BCUT2D eigenvalue weighted by molar-refractivity contribution is 0.413. The molecule has 0 radical (unpaired) electrons. The van der Waals surface area contributed by atoms with Gasteiger partial charge in [0.2, 0.25) is 0 Å². The number of imidazole rings is 1. The Labute approximate surface area is 194 Å². The Morgan fingerprint density at radius 1 is 1.06 bits per heavy atom. The molecular formula is C25H22F3N5O. The smallest absolute Gasteiger partial charge is 0.194 e. The molecule has 34 heavy (non-hydrogen) atoms. The molecule has 3 heterocycles. The number of methoxy groups -OCH3 is 1. The first-order chi connectivity index (χ1) is 16.4. The van der Waals surface area contributed by atoms with Gasteiger partial charge in [-0.25, -0.2) is 18.2 Å². The molecule has 1 aliphatic rings. The fourth-order valence-corrected chi connectivity index (χ4v) is 4.35. The van der Waals surface area contributed by atoms with Crippen molar-refractivity contribution in [1.29, 1.82) is 0 Å². The summed E-state index contributed by atoms with van der Waals surface area (Å²) in [5, 5.41) is 8.57. The minimum absolute atomic E-state index is 0.356. The van der Waals surface area contributed by atoms with Gasteiger partial charge in [-0.2, -0.15) is 0 Å². The second-order valence-electron chi connectivity index (χ2n) is 8.25. The molecule has 2 aromatic heterocycles. The van der Waals surface area contributed by atoms with Gasteiger partial charge in [0.05, 0.1) is 24.8 Å².